The van der Waals surface area contributed by atoms with Crippen LogP contribution in [-0.4, -0.2) is 27.7 Å². The Labute approximate surface area is 159 Å². The highest BCUT2D eigenvalue weighted by Crippen LogP contribution is 2.27. The zero-order valence-corrected chi connectivity index (χ0v) is 15.0. The van der Waals surface area contributed by atoms with E-state index in [-0.39, 0.29) is 0 Å². The quantitative estimate of drug-likeness (QED) is 0.614. The summed E-state index contributed by atoms with van der Waals surface area (Å²) >= 11 is 0. The van der Waals surface area contributed by atoms with E-state index in [1.165, 1.54) is 0 Å². The summed E-state index contributed by atoms with van der Waals surface area (Å²) in [7, 11) is 0. The minimum absolute atomic E-state index is 0.369. The van der Waals surface area contributed by atoms with Gasteiger partial charge in [0.2, 0.25) is 0 Å². The second-order valence-corrected chi connectivity index (χ2v) is 6.56. The summed E-state index contributed by atoms with van der Waals surface area (Å²) in [6, 6.07) is 8.84. The van der Waals surface area contributed by atoms with E-state index in [2.05, 4.69) is 33.2 Å². The number of hydrogen-bond acceptors (Lipinski definition) is 3. The summed E-state index contributed by atoms with van der Waals surface area (Å²) in [5.74, 6) is 0.961. The molecule has 0 bridgehead atoms. The van der Waals surface area contributed by atoms with Gasteiger partial charge in [-0.3, -0.25) is 0 Å². The molecule has 1 N–H and O–H groups in total. The predicted octanol–water partition coefficient (Wildman–Crippen LogP) is 5.69. The summed E-state index contributed by atoms with van der Waals surface area (Å²) in [5, 5.41) is 0. The molecule has 0 saturated heterocycles. The van der Waals surface area contributed by atoms with Crippen LogP contribution in [0.1, 0.15) is 24.8 Å². The highest BCUT2D eigenvalue weighted by Gasteiger charge is 2.26. The fraction of sp³-hybridized carbons (Fsp3) is 0.238. The third-order valence-corrected chi connectivity index (χ3v) is 4.43. The lowest BCUT2D eigenvalue weighted by Crippen LogP contribution is -2.12. The minimum Gasteiger partial charge on any atom is -0.493 e. The first-order valence-electron chi connectivity index (χ1n) is 9.01. The Morgan fingerprint density at radius 1 is 1.11 bits per heavy atom. The average molecular weight is 385 g/mol. The highest BCUT2D eigenvalue weighted by molar-refractivity contribution is 5.83. The van der Waals surface area contributed by atoms with Gasteiger partial charge in [-0.05, 0) is 36.6 Å². The van der Waals surface area contributed by atoms with Crippen LogP contribution in [0.5, 0.6) is 5.75 Å². The maximum absolute atomic E-state index is 12.3. The summed E-state index contributed by atoms with van der Waals surface area (Å²) in [5.41, 5.74) is 4.26. The van der Waals surface area contributed by atoms with Gasteiger partial charge in [-0.15, -0.1) is 0 Å². The highest BCUT2D eigenvalue weighted by atomic mass is 19.4. The lowest BCUT2D eigenvalue weighted by Gasteiger charge is -2.09. The molecule has 0 spiro atoms. The van der Waals surface area contributed by atoms with Crippen molar-refractivity contribution >= 4 is 16.7 Å². The Morgan fingerprint density at radius 2 is 2.00 bits per heavy atom. The van der Waals surface area contributed by atoms with Crippen LogP contribution in [0.15, 0.2) is 54.8 Å². The Balaban J connectivity index is 1.56. The van der Waals surface area contributed by atoms with Gasteiger partial charge in [-0.25, -0.2) is 9.97 Å². The Morgan fingerprint density at radius 3 is 2.79 bits per heavy atom. The number of nitrogens with zero attached hydrogens (tertiary/aromatic N) is 2. The van der Waals surface area contributed by atoms with Gasteiger partial charge in [0.15, 0.2) is 5.65 Å². The smallest absolute Gasteiger partial charge is 0.392 e. The number of halogens is 3. The molecule has 4 rings (SSSR count). The maximum Gasteiger partial charge on any atom is 0.392 e. The van der Waals surface area contributed by atoms with Gasteiger partial charge in [0.1, 0.15) is 11.6 Å². The number of rotatable bonds is 5. The number of benzene rings is 1. The molecule has 4 nitrogen and oxygen atoms in total. The summed E-state index contributed by atoms with van der Waals surface area (Å²) in [6.07, 6.45) is 5.05. The zero-order valence-electron chi connectivity index (χ0n) is 15.0. The Hall–Kier alpha value is -3.09. The van der Waals surface area contributed by atoms with E-state index in [4.69, 9.17) is 4.74 Å². The minimum atomic E-state index is -4.23. The molecule has 0 atom stereocenters. The molecule has 2 aromatic heterocycles. The molecule has 2 heterocycles. The first kappa shape index (κ1) is 18.3. The topological polar surface area (TPSA) is 50.8 Å². The Bertz CT molecular complexity index is 1050. The van der Waals surface area contributed by atoms with Crippen LogP contribution < -0.4 is 4.74 Å². The van der Waals surface area contributed by atoms with E-state index < -0.39 is 19.2 Å². The summed E-state index contributed by atoms with van der Waals surface area (Å²) in [6.45, 7) is -0.416. The molecule has 0 saturated carbocycles. The third kappa shape index (κ3) is 4.24. The van der Waals surface area contributed by atoms with Gasteiger partial charge >= 0.3 is 6.18 Å². The molecule has 0 aliphatic heterocycles. The number of H-pyrrole nitrogens is 1. The number of pyridine rings is 1. The van der Waals surface area contributed by atoms with Crippen LogP contribution in [-0.2, 0) is 0 Å². The molecule has 0 amide bonds. The number of aromatic nitrogens is 3. The second-order valence-electron chi connectivity index (χ2n) is 6.56. The molecular weight excluding hydrogens is 367 g/mol. The predicted molar refractivity (Wildman–Crippen MR) is 102 cm³/mol. The largest absolute Gasteiger partial charge is 0.493 e. The summed E-state index contributed by atoms with van der Waals surface area (Å²) < 4.78 is 42.1. The van der Waals surface area contributed by atoms with Gasteiger partial charge < -0.3 is 9.72 Å². The van der Waals surface area contributed by atoms with Crippen LogP contribution in [0.25, 0.3) is 28.1 Å². The van der Waals surface area contributed by atoms with Crippen molar-refractivity contribution < 1.29 is 17.9 Å². The molecule has 7 heteroatoms. The second kappa shape index (κ2) is 7.50. The van der Waals surface area contributed by atoms with Crippen LogP contribution in [0.3, 0.4) is 0 Å². The van der Waals surface area contributed by atoms with Crippen molar-refractivity contribution in [3.8, 4) is 17.1 Å². The van der Waals surface area contributed by atoms with Gasteiger partial charge in [-0.1, -0.05) is 30.4 Å². The first-order valence-corrected chi connectivity index (χ1v) is 9.01. The van der Waals surface area contributed by atoms with Gasteiger partial charge in [-0.2, -0.15) is 13.2 Å². The van der Waals surface area contributed by atoms with Crippen LogP contribution in [0.2, 0.25) is 0 Å². The van der Waals surface area contributed by atoms with Gasteiger partial charge in [0.25, 0.3) is 0 Å². The Kier molecular flexibility index (Phi) is 4.90. The lowest BCUT2D eigenvalue weighted by molar-refractivity contribution is -0.139. The van der Waals surface area contributed by atoms with Crippen LogP contribution >= 0.6 is 0 Å². The monoisotopic (exact) mass is 385 g/mol. The SMILES string of the molecule is FC(F)(F)CCOc1cccc(-c2nc3ncc(C4=CCCC=C4)cc3[nH]2)c1. The first-order chi connectivity index (χ1) is 13.5. The average Bonchev–Trinajstić information content (AvgIpc) is 3.11. The molecular formula is C21H18F3N3O. The van der Waals surface area contributed by atoms with Crippen molar-refractivity contribution in [1.29, 1.82) is 0 Å². The van der Waals surface area contributed by atoms with Crippen molar-refractivity contribution in [2.45, 2.75) is 25.4 Å². The molecule has 0 unspecified atom stereocenters. The maximum atomic E-state index is 12.3. The van der Waals surface area contributed by atoms with E-state index >= 15 is 0 Å². The fourth-order valence-electron chi connectivity index (χ4n) is 3.04. The lowest BCUT2D eigenvalue weighted by atomic mass is 10.0. The van der Waals surface area contributed by atoms with Crippen LogP contribution in [0.4, 0.5) is 13.2 Å². The molecule has 3 aromatic rings. The molecule has 144 valence electrons. The number of alkyl halides is 3. The molecule has 1 aromatic carbocycles. The number of fused-ring (bicyclic) bond motifs is 1. The molecule has 1 aliphatic rings. The number of aromatic amines is 1. The zero-order chi connectivity index (χ0) is 19.6. The van der Waals surface area contributed by atoms with E-state index in [1.807, 2.05) is 12.1 Å². The number of hydrogen-bond donors (Lipinski definition) is 1. The molecule has 0 fully saturated rings. The van der Waals surface area contributed by atoms with Crippen molar-refractivity contribution in [2.75, 3.05) is 6.61 Å². The van der Waals surface area contributed by atoms with Crippen molar-refractivity contribution in [2.24, 2.45) is 0 Å². The van der Waals surface area contributed by atoms with Gasteiger partial charge in [0.05, 0.1) is 18.5 Å². The van der Waals surface area contributed by atoms with Crippen molar-refractivity contribution in [3.63, 3.8) is 0 Å². The van der Waals surface area contributed by atoms with Crippen molar-refractivity contribution in [1.82, 2.24) is 15.0 Å². The van der Waals surface area contributed by atoms with E-state index in [0.717, 1.165) is 35.1 Å². The third-order valence-electron chi connectivity index (χ3n) is 4.43. The van der Waals surface area contributed by atoms with E-state index in [9.17, 15) is 13.2 Å². The fourth-order valence-corrected chi connectivity index (χ4v) is 3.04. The number of allylic oxidation sites excluding steroid dienone is 4. The molecule has 28 heavy (non-hydrogen) atoms. The van der Waals surface area contributed by atoms with Crippen LogP contribution in [0, 0.1) is 0 Å². The molecule has 1 aliphatic carbocycles. The number of ether oxygens (including phenoxy) is 1. The number of nitrogens with one attached hydrogen (secondary N) is 1. The van der Waals surface area contributed by atoms with E-state index in [1.54, 1.807) is 24.4 Å². The van der Waals surface area contributed by atoms with Gasteiger partial charge in [0, 0.05) is 17.3 Å². The van der Waals surface area contributed by atoms with E-state index in [0.29, 0.717) is 17.2 Å². The number of imidazole rings is 1. The normalized spacial score (nSPS) is 14.3. The molecule has 0 radical (unpaired) electrons. The van der Waals surface area contributed by atoms with Crippen molar-refractivity contribution in [3.05, 3.63) is 60.3 Å². The summed E-state index contributed by atoms with van der Waals surface area (Å²) in [4.78, 5) is 12.2. The standard InChI is InChI=1S/C21H18F3N3O/c22-21(23,24)9-10-28-17-8-4-7-15(11-17)19-26-18-12-16(13-25-20(18)27-19)14-5-2-1-3-6-14/h2,4-8,11-13H,1,3,9-10H2,(H,25,26,27).